The maximum Gasteiger partial charge on any atom is 0.247 e. The van der Waals surface area contributed by atoms with E-state index in [9.17, 15) is 4.79 Å². The van der Waals surface area contributed by atoms with Crippen LogP contribution in [0.2, 0.25) is 0 Å². The third-order valence-corrected chi connectivity index (χ3v) is 2.36. The Labute approximate surface area is 69.1 Å². The van der Waals surface area contributed by atoms with Crippen molar-refractivity contribution >= 4 is 14.9 Å². The SMILES string of the molecule is CC(N=P)C(=O)N1CCCC1. The average molecular weight is 172 g/mol. The van der Waals surface area contributed by atoms with Crippen LogP contribution in [0.4, 0.5) is 0 Å². The van der Waals surface area contributed by atoms with Crippen LogP contribution in [0.15, 0.2) is 4.74 Å². The number of likely N-dealkylation sites (tertiary alicyclic amines) is 1. The van der Waals surface area contributed by atoms with Gasteiger partial charge in [0.1, 0.15) is 6.04 Å². The van der Waals surface area contributed by atoms with Gasteiger partial charge in [-0.05, 0) is 28.8 Å². The van der Waals surface area contributed by atoms with E-state index in [1.165, 1.54) is 0 Å². The highest BCUT2D eigenvalue weighted by Gasteiger charge is 2.21. The topological polar surface area (TPSA) is 32.7 Å². The molecular formula is C7H13N2OP. The van der Waals surface area contributed by atoms with E-state index in [1.54, 1.807) is 6.92 Å². The lowest BCUT2D eigenvalue weighted by Gasteiger charge is -2.16. The number of hydrogen-bond donors (Lipinski definition) is 0. The minimum absolute atomic E-state index is 0.137. The Morgan fingerprint density at radius 3 is 2.55 bits per heavy atom. The van der Waals surface area contributed by atoms with Gasteiger partial charge in [0.05, 0.1) is 0 Å². The predicted octanol–water partition coefficient (Wildman–Crippen LogP) is 1.32. The molecule has 0 N–H and O–H groups in total. The molecule has 1 rings (SSSR count). The summed E-state index contributed by atoms with van der Waals surface area (Å²) in [6.07, 6.45) is 2.28. The van der Waals surface area contributed by atoms with Crippen LogP contribution in [0.5, 0.6) is 0 Å². The Morgan fingerprint density at radius 2 is 2.09 bits per heavy atom. The third-order valence-electron chi connectivity index (χ3n) is 1.97. The molecule has 4 heteroatoms. The molecule has 0 aromatic rings. The summed E-state index contributed by atoms with van der Waals surface area (Å²) in [5.74, 6) is 0.137. The summed E-state index contributed by atoms with van der Waals surface area (Å²) in [6, 6.07) is -0.232. The van der Waals surface area contributed by atoms with Gasteiger partial charge in [0.25, 0.3) is 0 Å². The highest BCUT2D eigenvalue weighted by Crippen LogP contribution is 2.10. The molecule has 0 saturated carbocycles. The molecule has 0 bridgehead atoms. The van der Waals surface area contributed by atoms with Gasteiger partial charge in [0, 0.05) is 13.1 Å². The van der Waals surface area contributed by atoms with Crippen molar-refractivity contribution in [3.8, 4) is 0 Å². The van der Waals surface area contributed by atoms with E-state index in [0.29, 0.717) is 0 Å². The molecule has 1 atom stereocenters. The summed E-state index contributed by atoms with van der Waals surface area (Å²) in [5.41, 5.74) is 0. The van der Waals surface area contributed by atoms with Crippen LogP contribution in [0, 0.1) is 0 Å². The van der Waals surface area contributed by atoms with Crippen molar-refractivity contribution < 1.29 is 4.79 Å². The zero-order valence-electron chi connectivity index (χ0n) is 6.71. The van der Waals surface area contributed by atoms with Crippen LogP contribution in [-0.4, -0.2) is 29.9 Å². The number of carbonyl (C=O) groups is 1. The average Bonchev–Trinajstić information content (AvgIpc) is 2.53. The fourth-order valence-electron chi connectivity index (χ4n) is 1.26. The van der Waals surface area contributed by atoms with Crippen molar-refractivity contribution in [3.05, 3.63) is 0 Å². The number of nitrogens with zero attached hydrogens (tertiary/aromatic N) is 2. The maximum absolute atomic E-state index is 11.4. The minimum Gasteiger partial charge on any atom is -0.341 e. The molecule has 0 radical (unpaired) electrons. The fourth-order valence-corrected chi connectivity index (χ4v) is 1.37. The second-order valence-corrected chi connectivity index (χ2v) is 3.10. The molecule has 3 nitrogen and oxygen atoms in total. The monoisotopic (exact) mass is 172 g/mol. The molecular weight excluding hydrogens is 159 g/mol. The predicted molar refractivity (Wildman–Crippen MR) is 46.0 cm³/mol. The van der Waals surface area contributed by atoms with E-state index in [1.807, 2.05) is 4.90 Å². The van der Waals surface area contributed by atoms with Crippen molar-refractivity contribution in [2.24, 2.45) is 4.74 Å². The van der Waals surface area contributed by atoms with E-state index in [0.717, 1.165) is 25.9 Å². The van der Waals surface area contributed by atoms with Gasteiger partial charge in [-0.3, -0.25) is 9.54 Å². The van der Waals surface area contributed by atoms with Gasteiger partial charge in [0.2, 0.25) is 5.91 Å². The van der Waals surface area contributed by atoms with Gasteiger partial charge in [-0.1, -0.05) is 0 Å². The first-order chi connectivity index (χ1) is 5.25. The van der Waals surface area contributed by atoms with Gasteiger partial charge in [-0.15, -0.1) is 0 Å². The fraction of sp³-hybridized carbons (Fsp3) is 0.857. The Bertz CT molecular complexity index is 166. The van der Waals surface area contributed by atoms with Crippen LogP contribution >= 0.6 is 9.03 Å². The van der Waals surface area contributed by atoms with Crippen molar-refractivity contribution in [1.29, 1.82) is 0 Å². The minimum atomic E-state index is -0.232. The molecule has 0 aromatic carbocycles. The van der Waals surface area contributed by atoms with Gasteiger partial charge in [0.15, 0.2) is 0 Å². The number of carbonyl (C=O) groups excluding carboxylic acids is 1. The first-order valence-corrected chi connectivity index (χ1v) is 4.36. The summed E-state index contributed by atoms with van der Waals surface area (Å²) in [7, 11) is 2.99. The van der Waals surface area contributed by atoms with Gasteiger partial charge >= 0.3 is 0 Å². The highest BCUT2D eigenvalue weighted by atomic mass is 31.0. The quantitative estimate of drug-likeness (QED) is 0.578. The molecule has 1 fully saturated rings. The van der Waals surface area contributed by atoms with Gasteiger partial charge in [-0.2, -0.15) is 0 Å². The Morgan fingerprint density at radius 1 is 1.55 bits per heavy atom. The van der Waals surface area contributed by atoms with E-state index < -0.39 is 0 Å². The van der Waals surface area contributed by atoms with Crippen LogP contribution in [0.25, 0.3) is 0 Å². The highest BCUT2D eigenvalue weighted by molar-refractivity contribution is 7.04. The first kappa shape index (κ1) is 8.66. The third kappa shape index (κ3) is 2.00. The maximum atomic E-state index is 11.4. The van der Waals surface area contributed by atoms with E-state index >= 15 is 0 Å². The number of rotatable bonds is 2. The second kappa shape index (κ2) is 3.82. The molecule has 0 aliphatic carbocycles. The lowest BCUT2D eigenvalue weighted by atomic mass is 10.3. The van der Waals surface area contributed by atoms with Crippen LogP contribution < -0.4 is 0 Å². The standard InChI is InChI=1S/C7H13N2OP/c1-6(8-11)7(10)9-4-2-3-5-9/h6,11H,2-5H2,1H3. The van der Waals surface area contributed by atoms with Crippen molar-refractivity contribution in [2.75, 3.05) is 13.1 Å². The summed E-state index contributed by atoms with van der Waals surface area (Å²) in [5, 5.41) is 0. The van der Waals surface area contributed by atoms with Crippen LogP contribution in [0.3, 0.4) is 0 Å². The van der Waals surface area contributed by atoms with E-state index in [-0.39, 0.29) is 11.9 Å². The molecule has 11 heavy (non-hydrogen) atoms. The molecule has 1 amide bonds. The van der Waals surface area contributed by atoms with Gasteiger partial charge < -0.3 is 4.90 Å². The van der Waals surface area contributed by atoms with Crippen molar-refractivity contribution in [2.45, 2.75) is 25.8 Å². The van der Waals surface area contributed by atoms with Crippen molar-refractivity contribution in [1.82, 2.24) is 4.90 Å². The molecule has 1 saturated heterocycles. The molecule has 1 heterocycles. The number of hydrogen-bond acceptors (Lipinski definition) is 2. The zero-order chi connectivity index (χ0) is 8.27. The Kier molecular flexibility index (Phi) is 3.01. The first-order valence-electron chi connectivity index (χ1n) is 3.91. The van der Waals surface area contributed by atoms with Crippen molar-refractivity contribution in [3.63, 3.8) is 0 Å². The molecule has 0 aromatic heterocycles. The van der Waals surface area contributed by atoms with Crippen LogP contribution in [-0.2, 0) is 4.79 Å². The summed E-state index contributed by atoms with van der Waals surface area (Å²) >= 11 is 0. The number of amides is 1. The lowest BCUT2D eigenvalue weighted by Crippen LogP contribution is -2.34. The Balaban J connectivity index is 2.45. The molecule has 1 unspecified atom stereocenters. The molecule has 62 valence electrons. The second-order valence-electron chi connectivity index (χ2n) is 2.84. The molecule has 1 aliphatic rings. The molecule has 1 aliphatic heterocycles. The van der Waals surface area contributed by atoms with Gasteiger partial charge in [-0.25, -0.2) is 0 Å². The Hall–Kier alpha value is -0.430. The van der Waals surface area contributed by atoms with Crippen LogP contribution in [0.1, 0.15) is 19.8 Å². The zero-order valence-corrected chi connectivity index (χ0v) is 7.71. The lowest BCUT2D eigenvalue weighted by molar-refractivity contribution is -0.130. The smallest absolute Gasteiger partial charge is 0.247 e. The largest absolute Gasteiger partial charge is 0.341 e. The van der Waals surface area contributed by atoms with E-state index in [2.05, 4.69) is 13.8 Å². The summed E-state index contributed by atoms with van der Waals surface area (Å²) in [6.45, 7) is 3.61. The van der Waals surface area contributed by atoms with E-state index in [4.69, 9.17) is 0 Å². The normalized spacial score (nSPS) is 19.9. The summed E-state index contributed by atoms with van der Waals surface area (Å²) < 4.78 is 3.75. The summed E-state index contributed by atoms with van der Waals surface area (Å²) in [4.78, 5) is 13.2. The molecule has 0 spiro atoms.